The lowest BCUT2D eigenvalue weighted by Crippen LogP contribution is -2.32. The van der Waals surface area contributed by atoms with E-state index < -0.39 is 5.41 Å². The first-order chi connectivity index (χ1) is 29.3. The third-order valence-corrected chi connectivity index (χ3v) is 14.8. The van der Waals surface area contributed by atoms with Gasteiger partial charge in [-0.1, -0.05) is 133 Å². The molecular formula is C55H33NOS2. The Labute approximate surface area is 349 Å². The van der Waals surface area contributed by atoms with E-state index >= 15 is 0 Å². The van der Waals surface area contributed by atoms with Crippen LogP contribution in [-0.2, 0) is 5.41 Å². The predicted molar refractivity (Wildman–Crippen MR) is 250 cm³/mol. The monoisotopic (exact) mass is 787 g/mol. The normalized spacial score (nSPS) is 13.4. The Morgan fingerprint density at radius 2 is 0.864 bits per heavy atom. The van der Waals surface area contributed by atoms with E-state index in [1.165, 1.54) is 79.3 Å². The van der Waals surface area contributed by atoms with Crippen molar-refractivity contribution < 1.29 is 4.74 Å². The van der Waals surface area contributed by atoms with Crippen LogP contribution in [0, 0.1) is 0 Å². The van der Waals surface area contributed by atoms with Crippen molar-refractivity contribution in [1.82, 2.24) is 0 Å². The third-order valence-electron chi connectivity index (χ3n) is 12.5. The number of hydrogen-bond acceptors (Lipinski definition) is 4. The summed E-state index contributed by atoms with van der Waals surface area (Å²) in [5.74, 6) is 1.78. The van der Waals surface area contributed by atoms with Crippen LogP contribution in [-0.4, -0.2) is 0 Å². The molecule has 2 aliphatic rings. The Morgan fingerprint density at radius 1 is 0.339 bits per heavy atom. The molecule has 4 heteroatoms. The van der Waals surface area contributed by atoms with Gasteiger partial charge in [-0.25, -0.2) is 0 Å². The number of rotatable bonds is 4. The van der Waals surface area contributed by atoms with Crippen LogP contribution in [0.25, 0.3) is 62.6 Å². The minimum absolute atomic E-state index is 0.543. The molecule has 0 radical (unpaired) electrons. The summed E-state index contributed by atoms with van der Waals surface area (Å²) in [5.41, 5.74) is 12.8. The van der Waals surface area contributed by atoms with Crippen LogP contribution in [0.3, 0.4) is 0 Å². The lowest BCUT2D eigenvalue weighted by atomic mass is 9.66. The largest absolute Gasteiger partial charge is 0.457 e. The molecule has 0 fully saturated rings. The highest BCUT2D eigenvalue weighted by atomic mass is 32.1. The van der Waals surface area contributed by atoms with E-state index in [1.807, 2.05) is 22.7 Å². The van der Waals surface area contributed by atoms with Gasteiger partial charge >= 0.3 is 0 Å². The number of nitrogens with zero attached hydrogens (tertiary/aromatic N) is 1. The Hall–Kier alpha value is -6.98. The molecule has 0 N–H and O–H groups in total. The molecule has 276 valence electrons. The van der Waals surface area contributed by atoms with Gasteiger partial charge in [0.15, 0.2) is 0 Å². The van der Waals surface area contributed by atoms with E-state index in [4.69, 9.17) is 4.74 Å². The van der Waals surface area contributed by atoms with E-state index in [9.17, 15) is 0 Å². The average molecular weight is 788 g/mol. The summed E-state index contributed by atoms with van der Waals surface area (Å²) in [5, 5.41) is 5.27. The predicted octanol–water partition coefficient (Wildman–Crippen LogP) is 16.0. The van der Waals surface area contributed by atoms with Crippen molar-refractivity contribution in [3.05, 3.63) is 222 Å². The maximum atomic E-state index is 6.81. The zero-order valence-electron chi connectivity index (χ0n) is 31.7. The molecule has 1 aliphatic carbocycles. The van der Waals surface area contributed by atoms with Crippen molar-refractivity contribution in [2.24, 2.45) is 0 Å². The number of fused-ring (bicyclic) bond motifs is 15. The molecule has 9 aromatic carbocycles. The highest BCUT2D eigenvalue weighted by Crippen LogP contribution is 2.62. The maximum absolute atomic E-state index is 6.81. The lowest BCUT2D eigenvalue weighted by molar-refractivity contribution is 0.436. The van der Waals surface area contributed by atoms with Gasteiger partial charge in [0, 0.05) is 68.5 Å². The first kappa shape index (κ1) is 33.0. The molecule has 13 rings (SSSR count). The average Bonchev–Trinajstić information content (AvgIpc) is 3.96. The van der Waals surface area contributed by atoms with Gasteiger partial charge < -0.3 is 9.64 Å². The SMILES string of the molecule is c1ccc(N(c2ccc3c(c2)C2(c4ccccc4O3)c3ccccc3-c3ccccc32)c2ccc3c(c2)sc2cccc(-c4cccc5sc6ccccc6c45)c23)cc1. The molecule has 0 saturated carbocycles. The molecule has 1 aliphatic heterocycles. The van der Waals surface area contributed by atoms with Crippen molar-refractivity contribution in [2.75, 3.05) is 4.90 Å². The standard InChI is InChI=1S/C55H33NOS2/c1-2-14-34(15-3-1)56(35-29-31-48-46(32-35)55(45-23-9-10-24-47(45)57-48)43-21-7-4-16-37(43)38-17-5-8-22-44(38)55)36-28-30-42-52(33-36)59-51-27-13-20-40(54(42)51)39-19-12-26-50-53(39)41-18-6-11-25-49(41)58-50/h1-33H. The van der Waals surface area contributed by atoms with Crippen LogP contribution in [0.2, 0.25) is 0 Å². The topological polar surface area (TPSA) is 12.5 Å². The second-order valence-electron chi connectivity index (χ2n) is 15.5. The van der Waals surface area contributed by atoms with Gasteiger partial charge in [-0.2, -0.15) is 0 Å². The minimum atomic E-state index is -0.543. The third kappa shape index (κ3) is 4.61. The zero-order chi connectivity index (χ0) is 38.7. The van der Waals surface area contributed by atoms with Crippen LogP contribution in [0.1, 0.15) is 22.3 Å². The van der Waals surface area contributed by atoms with Crippen molar-refractivity contribution in [1.29, 1.82) is 0 Å². The molecule has 1 spiro atoms. The summed E-state index contributed by atoms with van der Waals surface area (Å²) in [6.45, 7) is 0. The molecule has 11 aromatic rings. The number of hydrogen-bond donors (Lipinski definition) is 0. The van der Waals surface area contributed by atoms with Crippen LogP contribution in [0.15, 0.2) is 200 Å². The van der Waals surface area contributed by atoms with Gasteiger partial charge in [0.2, 0.25) is 0 Å². The summed E-state index contributed by atoms with van der Waals surface area (Å²) in [6.07, 6.45) is 0. The second-order valence-corrected chi connectivity index (χ2v) is 17.7. The molecule has 3 heterocycles. The maximum Gasteiger partial charge on any atom is 0.132 e. The molecule has 0 amide bonds. The van der Waals surface area contributed by atoms with Crippen molar-refractivity contribution in [2.45, 2.75) is 5.41 Å². The Bertz CT molecular complexity index is 3460. The molecule has 0 atom stereocenters. The number of para-hydroxylation sites is 2. The van der Waals surface area contributed by atoms with Gasteiger partial charge in [0.25, 0.3) is 0 Å². The fourth-order valence-corrected chi connectivity index (χ4v) is 12.5. The van der Waals surface area contributed by atoms with Gasteiger partial charge in [-0.05, 0) is 100 Å². The molecular weight excluding hydrogens is 755 g/mol. The van der Waals surface area contributed by atoms with Crippen molar-refractivity contribution in [3.63, 3.8) is 0 Å². The molecule has 2 nitrogen and oxygen atoms in total. The fourth-order valence-electron chi connectivity index (χ4n) is 10.2. The van der Waals surface area contributed by atoms with E-state index in [0.29, 0.717) is 0 Å². The number of thiophene rings is 2. The van der Waals surface area contributed by atoms with Gasteiger partial charge in [0.1, 0.15) is 11.5 Å². The molecule has 0 bridgehead atoms. The molecule has 2 aromatic heterocycles. The Morgan fingerprint density at radius 3 is 1.61 bits per heavy atom. The Kier molecular flexibility index (Phi) is 7.00. The Balaban J connectivity index is 1.02. The highest BCUT2D eigenvalue weighted by molar-refractivity contribution is 7.26. The zero-order valence-corrected chi connectivity index (χ0v) is 33.4. The van der Waals surface area contributed by atoms with Crippen molar-refractivity contribution in [3.8, 4) is 33.8 Å². The molecule has 59 heavy (non-hydrogen) atoms. The smallest absolute Gasteiger partial charge is 0.132 e. The van der Waals surface area contributed by atoms with Gasteiger partial charge in [0.05, 0.1) is 5.41 Å². The molecule has 0 saturated heterocycles. The van der Waals surface area contributed by atoms with E-state index in [0.717, 1.165) is 34.1 Å². The quantitative estimate of drug-likeness (QED) is 0.176. The summed E-state index contributed by atoms with van der Waals surface area (Å²) >= 11 is 3.75. The highest BCUT2D eigenvalue weighted by Gasteiger charge is 2.51. The lowest BCUT2D eigenvalue weighted by Gasteiger charge is -2.40. The van der Waals surface area contributed by atoms with E-state index in [2.05, 4.69) is 205 Å². The minimum Gasteiger partial charge on any atom is -0.457 e. The summed E-state index contributed by atoms with van der Waals surface area (Å²) in [6, 6.07) is 73.4. The fraction of sp³-hybridized carbons (Fsp3) is 0.0182. The number of benzene rings is 9. The summed E-state index contributed by atoms with van der Waals surface area (Å²) in [7, 11) is 0. The summed E-state index contributed by atoms with van der Waals surface area (Å²) in [4.78, 5) is 2.41. The van der Waals surface area contributed by atoms with E-state index in [-0.39, 0.29) is 0 Å². The van der Waals surface area contributed by atoms with Crippen LogP contribution in [0.4, 0.5) is 17.1 Å². The van der Waals surface area contributed by atoms with Gasteiger partial charge in [-0.15, -0.1) is 22.7 Å². The summed E-state index contributed by atoms with van der Waals surface area (Å²) < 4.78 is 12.0. The van der Waals surface area contributed by atoms with Crippen LogP contribution < -0.4 is 9.64 Å². The second kappa shape index (κ2) is 12.5. The first-order valence-electron chi connectivity index (χ1n) is 20.1. The van der Waals surface area contributed by atoms with Crippen molar-refractivity contribution >= 4 is 80.1 Å². The number of ether oxygens (including phenoxy) is 1. The van der Waals surface area contributed by atoms with Crippen LogP contribution >= 0.6 is 22.7 Å². The van der Waals surface area contributed by atoms with Gasteiger partial charge in [-0.3, -0.25) is 0 Å². The first-order valence-corrected chi connectivity index (χ1v) is 21.7. The molecule has 0 unspecified atom stereocenters. The number of anilines is 3. The van der Waals surface area contributed by atoms with E-state index in [1.54, 1.807) is 0 Å². The van der Waals surface area contributed by atoms with Crippen LogP contribution in [0.5, 0.6) is 11.5 Å².